The number of aliphatic hydroxyl groups excluding tert-OH is 2. The SMILES string of the molecule is CCC(C)CCCCCCCCCCCCCCCCC(=O)O[C@H](COC(=O)CCCCCCCCCCC(C)C)COP(=O)(O)OP(=O)(O)OC[C@H]1O[C@@H](n2ccc(N)nc2=O)C(O)[C@H]1O. The Balaban J connectivity index is 1.78. The molecule has 18 nitrogen and oxygen atoms in total. The molecule has 1 aromatic rings. The van der Waals surface area contributed by atoms with E-state index in [0.29, 0.717) is 12.8 Å². The Kier molecular flexibility index (Phi) is 31.8. The molecule has 0 spiro atoms. The summed E-state index contributed by atoms with van der Waals surface area (Å²) in [7, 11) is -10.8. The molecule has 2 rings (SSSR count). The Morgan fingerprint density at radius 3 is 1.70 bits per heavy atom. The van der Waals surface area contributed by atoms with Gasteiger partial charge in [-0.1, -0.05) is 175 Å². The number of aliphatic hydroxyl groups is 2. The second kappa shape index (κ2) is 35.0. The van der Waals surface area contributed by atoms with Crippen molar-refractivity contribution in [1.82, 2.24) is 9.55 Å². The fourth-order valence-electron chi connectivity index (χ4n) is 7.83. The third-order valence-corrected chi connectivity index (χ3v) is 14.8. The molecule has 1 saturated heterocycles. The topological polar surface area (TPSA) is 265 Å². The summed E-state index contributed by atoms with van der Waals surface area (Å²) in [6, 6.07) is 1.25. The number of nitrogens with two attached hydrogens (primary N) is 1. The van der Waals surface area contributed by atoms with E-state index in [2.05, 4.69) is 37.0 Å². The van der Waals surface area contributed by atoms with E-state index in [-0.39, 0.29) is 18.7 Å². The van der Waals surface area contributed by atoms with Gasteiger partial charge in [0, 0.05) is 19.0 Å². The van der Waals surface area contributed by atoms with Crippen LogP contribution in [0.15, 0.2) is 17.1 Å². The highest BCUT2D eigenvalue weighted by molar-refractivity contribution is 7.61. The van der Waals surface area contributed by atoms with Crippen molar-refractivity contribution in [3.05, 3.63) is 22.7 Å². The van der Waals surface area contributed by atoms with E-state index in [9.17, 15) is 43.5 Å². The highest BCUT2D eigenvalue weighted by Crippen LogP contribution is 2.60. The number of ether oxygens (including phenoxy) is 3. The van der Waals surface area contributed by atoms with Gasteiger partial charge in [0.1, 0.15) is 30.7 Å². The highest BCUT2D eigenvalue weighted by atomic mass is 31.3. The van der Waals surface area contributed by atoms with Crippen LogP contribution in [-0.4, -0.2) is 85.7 Å². The lowest BCUT2D eigenvalue weighted by molar-refractivity contribution is -0.161. The number of unbranched alkanes of at least 4 members (excludes halogenated alkanes) is 20. The number of carbonyl (C=O) groups excluding carboxylic acids is 2. The van der Waals surface area contributed by atoms with Gasteiger partial charge in [0.05, 0.1) is 13.2 Å². The van der Waals surface area contributed by atoms with Crippen LogP contribution in [0, 0.1) is 11.8 Å². The first-order chi connectivity index (χ1) is 31.9. The van der Waals surface area contributed by atoms with Crippen molar-refractivity contribution >= 4 is 33.4 Å². The first-order valence-corrected chi connectivity index (χ1v) is 28.3. The van der Waals surface area contributed by atoms with Crippen LogP contribution in [0.4, 0.5) is 5.82 Å². The summed E-state index contributed by atoms with van der Waals surface area (Å²) in [6.45, 7) is 6.78. The van der Waals surface area contributed by atoms with Crippen molar-refractivity contribution < 1.29 is 66.3 Å². The lowest BCUT2D eigenvalue weighted by atomic mass is 9.99. The van der Waals surface area contributed by atoms with Crippen molar-refractivity contribution in [2.75, 3.05) is 25.6 Å². The normalized spacial score (nSPS) is 20.1. The minimum atomic E-state index is -5.42. The average molecular weight is 996 g/mol. The van der Waals surface area contributed by atoms with Crippen molar-refractivity contribution in [2.45, 2.75) is 232 Å². The smallest absolute Gasteiger partial charge is 0.462 e. The predicted octanol–water partition coefficient (Wildman–Crippen LogP) is 9.99. The molecule has 1 fully saturated rings. The second-order valence-corrected chi connectivity index (χ2v) is 21.8. The van der Waals surface area contributed by atoms with Gasteiger partial charge in [-0.3, -0.25) is 23.2 Å². The lowest BCUT2D eigenvalue weighted by Gasteiger charge is -2.21. The maximum absolute atomic E-state index is 12.9. The van der Waals surface area contributed by atoms with Gasteiger partial charge in [0.15, 0.2) is 12.3 Å². The summed E-state index contributed by atoms with van der Waals surface area (Å²) in [4.78, 5) is 61.8. The number of esters is 2. The van der Waals surface area contributed by atoms with E-state index in [0.717, 1.165) is 67.8 Å². The second-order valence-electron chi connectivity index (χ2n) is 18.8. The average Bonchev–Trinajstić information content (AvgIpc) is 3.55. The third kappa shape index (κ3) is 28.9. The third-order valence-electron chi connectivity index (χ3n) is 12.2. The molecular weight excluding hydrogens is 908 g/mol. The molecule has 1 aliphatic rings. The first kappa shape index (κ1) is 60.9. The number of nitrogens with zero attached hydrogens (tertiary/aromatic N) is 2. The number of phosphoric ester groups is 2. The number of hydrogen-bond donors (Lipinski definition) is 5. The van der Waals surface area contributed by atoms with E-state index in [1.165, 1.54) is 109 Å². The molecule has 6 N–H and O–H groups in total. The first-order valence-electron chi connectivity index (χ1n) is 25.3. The number of carbonyl (C=O) groups is 2. The van der Waals surface area contributed by atoms with E-state index < -0.39 is 83.7 Å². The van der Waals surface area contributed by atoms with Crippen LogP contribution >= 0.6 is 15.6 Å². The van der Waals surface area contributed by atoms with Crippen LogP contribution in [-0.2, 0) is 46.3 Å². The van der Waals surface area contributed by atoms with E-state index >= 15 is 0 Å². The molecule has 0 saturated carbocycles. The minimum absolute atomic E-state index is 0.0564. The number of aromatic nitrogens is 2. The van der Waals surface area contributed by atoms with Crippen LogP contribution in [0.2, 0.25) is 0 Å². The minimum Gasteiger partial charge on any atom is -0.462 e. The number of hydrogen-bond acceptors (Lipinski definition) is 15. The van der Waals surface area contributed by atoms with Crippen LogP contribution in [0.1, 0.15) is 207 Å². The highest BCUT2D eigenvalue weighted by Gasteiger charge is 2.46. The molecule has 1 aromatic heterocycles. The monoisotopic (exact) mass is 996 g/mol. The molecule has 0 amide bonds. The fourth-order valence-corrected chi connectivity index (χ4v) is 9.94. The largest absolute Gasteiger partial charge is 0.481 e. The zero-order valence-corrected chi connectivity index (χ0v) is 42.8. The molecule has 67 heavy (non-hydrogen) atoms. The maximum atomic E-state index is 12.9. The fraction of sp³-hybridized carbons (Fsp3) is 0.872. The molecule has 0 aromatic carbocycles. The standard InChI is InChI=1S/C47H87N3O15P2/c1-5-38(4)29-25-21-17-12-10-8-6-7-9-11-13-19-23-27-31-43(52)63-39(34-60-42(51)30-26-22-18-15-14-16-20-24-28-37(2)3)35-61-66(56,57)65-67(58,59)62-36-40-44(53)45(54)46(64-40)50-33-32-41(48)49-47(50)55/h32-33,37-40,44-46,53-54H,5-31,34-36H2,1-4H3,(H,56,57)(H,58,59)(H2,48,49,55)/t38?,39-,40-,44+,45?,46-/m1/s1. The van der Waals surface area contributed by atoms with Crippen molar-refractivity contribution in [3.8, 4) is 0 Å². The molecule has 0 bridgehead atoms. The Hall–Kier alpha value is -2.24. The van der Waals surface area contributed by atoms with Gasteiger partial charge in [0.2, 0.25) is 0 Å². The van der Waals surface area contributed by atoms with Crippen LogP contribution in [0.3, 0.4) is 0 Å². The molecule has 4 unspecified atom stereocenters. The zero-order chi connectivity index (χ0) is 49.5. The molecule has 390 valence electrons. The van der Waals surface area contributed by atoms with Gasteiger partial charge < -0.3 is 39.9 Å². The summed E-state index contributed by atoms with van der Waals surface area (Å²) in [5, 5.41) is 20.9. The number of nitrogen functional groups attached to an aromatic ring is 1. The zero-order valence-electron chi connectivity index (χ0n) is 41.1. The maximum Gasteiger partial charge on any atom is 0.481 e. The molecule has 8 atom stereocenters. The van der Waals surface area contributed by atoms with Crippen LogP contribution in [0.5, 0.6) is 0 Å². The molecule has 1 aliphatic heterocycles. The molecule has 0 aliphatic carbocycles. The van der Waals surface area contributed by atoms with Gasteiger partial charge in [-0.05, 0) is 30.7 Å². The Bertz CT molecular complexity index is 1650. The van der Waals surface area contributed by atoms with Crippen molar-refractivity contribution in [1.29, 1.82) is 0 Å². The van der Waals surface area contributed by atoms with Crippen LogP contribution in [0.25, 0.3) is 0 Å². The lowest BCUT2D eigenvalue weighted by Crippen LogP contribution is -2.36. The quantitative estimate of drug-likeness (QED) is 0.0232. The molecule has 2 heterocycles. The van der Waals surface area contributed by atoms with Crippen molar-refractivity contribution in [3.63, 3.8) is 0 Å². The van der Waals surface area contributed by atoms with Gasteiger partial charge in [-0.2, -0.15) is 9.29 Å². The Morgan fingerprint density at radius 1 is 0.716 bits per heavy atom. The summed E-state index contributed by atoms with van der Waals surface area (Å²) >= 11 is 0. The molecular formula is C47H87N3O15P2. The van der Waals surface area contributed by atoms with Crippen LogP contribution < -0.4 is 11.4 Å². The van der Waals surface area contributed by atoms with E-state index in [4.69, 9.17) is 29.0 Å². The summed E-state index contributed by atoms with van der Waals surface area (Å²) in [6.07, 6.45) is 22.1. The number of anilines is 1. The molecule has 20 heteroatoms. The predicted molar refractivity (Wildman–Crippen MR) is 257 cm³/mol. The number of rotatable bonds is 41. The van der Waals surface area contributed by atoms with Gasteiger partial charge in [0.25, 0.3) is 0 Å². The van der Waals surface area contributed by atoms with Gasteiger partial charge >= 0.3 is 33.3 Å². The Labute approximate surface area is 400 Å². The summed E-state index contributed by atoms with van der Waals surface area (Å²) < 4.78 is 56.8. The van der Waals surface area contributed by atoms with E-state index in [1.807, 2.05) is 0 Å². The van der Waals surface area contributed by atoms with Gasteiger partial charge in [-0.15, -0.1) is 0 Å². The van der Waals surface area contributed by atoms with Gasteiger partial charge in [-0.25, -0.2) is 13.9 Å². The summed E-state index contributed by atoms with van der Waals surface area (Å²) in [5.41, 5.74) is 4.59. The van der Waals surface area contributed by atoms with Crippen molar-refractivity contribution in [2.24, 2.45) is 11.8 Å². The van der Waals surface area contributed by atoms with E-state index in [1.54, 1.807) is 0 Å². The number of phosphoric acid groups is 2. The summed E-state index contributed by atoms with van der Waals surface area (Å²) in [5.74, 6) is 0.285. The molecule has 0 radical (unpaired) electrons. The Morgan fingerprint density at radius 2 is 1.19 bits per heavy atom.